The van der Waals surface area contributed by atoms with E-state index in [0.717, 1.165) is 11.3 Å². The Morgan fingerprint density at radius 1 is 1.50 bits per heavy atom. The Morgan fingerprint density at radius 3 is 2.88 bits per heavy atom. The van der Waals surface area contributed by atoms with Crippen LogP contribution in [-0.2, 0) is 16.1 Å². The number of likely N-dealkylation sites (N-methyl/N-ethyl adjacent to an activating group) is 1. The van der Waals surface area contributed by atoms with E-state index in [1.165, 1.54) is 0 Å². The van der Waals surface area contributed by atoms with Gasteiger partial charge in [0.1, 0.15) is 11.9 Å². The normalized spacial score (nSPS) is 11.9. The van der Waals surface area contributed by atoms with Gasteiger partial charge in [-0.15, -0.1) is 0 Å². The van der Waals surface area contributed by atoms with Crippen LogP contribution in [0.25, 0.3) is 0 Å². The monoisotopic (exact) mass is 223 g/mol. The fourth-order valence-electron chi connectivity index (χ4n) is 1.26. The van der Waals surface area contributed by atoms with Crippen molar-refractivity contribution in [3.05, 3.63) is 29.8 Å². The van der Waals surface area contributed by atoms with Gasteiger partial charge in [0.25, 0.3) is 0 Å². The maximum Gasteiger partial charge on any atom is 0.248 e. The third-order valence-electron chi connectivity index (χ3n) is 2.25. The molecule has 1 amide bonds. The van der Waals surface area contributed by atoms with E-state index in [4.69, 9.17) is 9.47 Å². The average molecular weight is 223 g/mol. The summed E-state index contributed by atoms with van der Waals surface area (Å²) in [6, 6.07) is 7.57. The zero-order valence-corrected chi connectivity index (χ0v) is 9.82. The maximum absolute atomic E-state index is 11.2. The van der Waals surface area contributed by atoms with Gasteiger partial charge < -0.3 is 14.8 Å². The van der Waals surface area contributed by atoms with Crippen LogP contribution >= 0.6 is 0 Å². The SMILES string of the molecule is CNC(=O)[C@@H](C)OCc1cccc(OC)c1. The number of amides is 1. The van der Waals surface area contributed by atoms with Gasteiger partial charge in [-0.25, -0.2) is 0 Å². The van der Waals surface area contributed by atoms with Crippen molar-refractivity contribution in [3.8, 4) is 5.75 Å². The number of benzene rings is 1. The van der Waals surface area contributed by atoms with Crippen molar-refractivity contribution in [1.29, 1.82) is 0 Å². The van der Waals surface area contributed by atoms with E-state index in [1.807, 2.05) is 24.3 Å². The van der Waals surface area contributed by atoms with Crippen LogP contribution < -0.4 is 10.1 Å². The van der Waals surface area contributed by atoms with Gasteiger partial charge in [0.2, 0.25) is 5.91 Å². The van der Waals surface area contributed by atoms with Crippen molar-refractivity contribution in [2.75, 3.05) is 14.2 Å². The number of rotatable bonds is 5. The molecule has 88 valence electrons. The van der Waals surface area contributed by atoms with Crippen LogP contribution in [0.1, 0.15) is 12.5 Å². The molecule has 1 N–H and O–H groups in total. The molecule has 0 heterocycles. The minimum atomic E-state index is -0.448. The van der Waals surface area contributed by atoms with E-state index < -0.39 is 6.10 Å². The molecule has 0 aliphatic carbocycles. The van der Waals surface area contributed by atoms with Crippen molar-refractivity contribution in [2.45, 2.75) is 19.6 Å². The van der Waals surface area contributed by atoms with Crippen LogP contribution in [0.4, 0.5) is 0 Å². The molecule has 0 radical (unpaired) electrons. The Balaban J connectivity index is 2.51. The Bertz CT molecular complexity index is 352. The first-order chi connectivity index (χ1) is 7.67. The lowest BCUT2D eigenvalue weighted by atomic mass is 10.2. The molecule has 1 rings (SSSR count). The molecular formula is C12H17NO3. The van der Waals surface area contributed by atoms with Crippen LogP contribution in [-0.4, -0.2) is 26.2 Å². The standard InChI is InChI=1S/C12H17NO3/c1-9(12(14)13-2)16-8-10-5-4-6-11(7-10)15-3/h4-7,9H,8H2,1-3H3,(H,13,14)/t9-/m1/s1. The number of nitrogens with one attached hydrogen (secondary N) is 1. The highest BCUT2D eigenvalue weighted by Crippen LogP contribution is 2.13. The van der Waals surface area contributed by atoms with Crippen LogP contribution in [0.3, 0.4) is 0 Å². The molecule has 0 bridgehead atoms. The third-order valence-corrected chi connectivity index (χ3v) is 2.25. The van der Waals surface area contributed by atoms with Crippen molar-refractivity contribution in [1.82, 2.24) is 5.32 Å². The Labute approximate surface area is 95.6 Å². The summed E-state index contributed by atoms with van der Waals surface area (Å²) in [5.74, 6) is 0.664. The second kappa shape index (κ2) is 6.12. The van der Waals surface area contributed by atoms with E-state index >= 15 is 0 Å². The van der Waals surface area contributed by atoms with E-state index in [2.05, 4.69) is 5.32 Å². The largest absolute Gasteiger partial charge is 0.497 e. The Hall–Kier alpha value is -1.55. The zero-order chi connectivity index (χ0) is 12.0. The van der Waals surface area contributed by atoms with Crippen molar-refractivity contribution >= 4 is 5.91 Å². The molecule has 1 aromatic carbocycles. The number of carbonyl (C=O) groups excluding carboxylic acids is 1. The van der Waals surface area contributed by atoms with Gasteiger partial charge in [-0.2, -0.15) is 0 Å². The van der Waals surface area contributed by atoms with Gasteiger partial charge in [0.15, 0.2) is 0 Å². The molecule has 4 nitrogen and oxygen atoms in total. The number of hydrogen-bond acceptors (Lipinski definition) is 3. The predicted octanol–water partition coefficient (Wildman–Crippen LogP) is 1.35. The average Bonchev–Trinajstić information content (AvgIpc) is 2.35. The van der Waals surface area contributed by atoms with Gasteiger partial charge in [-0.1, -0.05) is 12.1 Å². The minimum absolute atomic E-state index is 0.122. The van der Waals surface area contributed by atoms with Crippen LogP contribution in [0.15, 0.2) is 24.3 Å². The zero-order valence-electron chi connectivity index (χ0n) is 9.82. The van der Waals surface area contributed by atoms with Crippen LogP contribution in [0, 0.1) is 0 Å². The molecule has 0 fully saturated rings. The fourth-order valence-corrected chi connectivity index (χ4v) is 1.26. The lowest BCUT2D eigenvalue weighted by Gasteiger charge is -2.11. The van der Waals surface area contributed by atoms with Crippen LogP contribution in [0.5, 0.6) is 5.75 Å². The molecule has 0 spiro atoms. The van der Waals surface area contributed by atoms with Crippen LogP contribution in [0.2, 0.25) is 0 Å². The predicted molar refractivity (Wildman–Crippen MR) is 61.3 cm³/mol. The van der Waals surface area contributed by atoms with E-state index in [9.17, 15) is 4.79 Å². The topological polar surface area (TPSA) is 47.6 Å². The van der Waals surface area contributed by atoms with Crippen molar-refractivity contribution in [2.24, 2.45) is 0 Å². The summed E-state index contributed by atoms with van der Waals surface area (Å²) in [5.41, 5.74) is 0.982. The lowest BCUT2D eigenvalue weighted by molar-refractivity contribution is -0.131. The summed E-state index contributed by atoms with van der Waals surface area (Å²) in [6.45, 7) is 2.12. The van der Waals surface area contributed by atoms with Gasteiger partial charge >= 0.3 is 0 Å². The second-order valence-corrected chi connectivity index (χ2v) is 3.42. The Morgan fingerprint density at radius 2 is 2.25 bits per heavy atom. The van der Waals surface area contributed by atoms with Gasteiger partial charge in [-0.3, -0.25) is 4.79 Å². The molecule has 1 atom stereocenters. The molecule has 0 aliphatic heterocycles. The van der Waals surface area contributed by atoms with Gasteiger partial charge in [0, 0.05) is 7.05 Å². The van der Waals surface area contributed by atoms with Gasteiger partial charge in [0.05, 0.1) is 13.7 Å². The summed E-state index contributed by atoms with van der Waals surface area (Å²) in [5, 5.41) is 2.53. The smallest absolute Gasteiger partial charge is 0.248 e. The first kappa shape index (κ1) is 12.5. The molecule has 0 saturated carbocycles. The highest BCUT2D eigenvalue weighted by molar-refractivity contribution is 5.79. The molecule has 0 aliphatic rings. The minimum Gasteiger partial charge on any atom is -0.497 e. The molecule has 16 heavy (non-hydrogen) atoms. The highest BCUT2D eigenvalue weighted by Gasteiger charge is 2.10. The molecule has 1 aromatic rings. The third kappa shape index (κ3) is 3.55. The number of methoxy groups -OCH3 is 1. The number of ether oxygens (including phenoxy) is 2. The molecule has 0 saturated heterocycles. The molecule has 4 heteroatoms. The second-order valence-electron chi connectivity index (χ2n) is 3.42. The summed E-state index contributed by atoms with van der Waals surface area (Å²) in [4.78, 5) is 11.2. The van der Waals surface area contributed by atoms with Gasteiger partial charge in [-0.05, 0) is 24.6 Å². The highest BCUT2D eigenvalue weighted by atomic mass is 16.5. The van der Waals surface area contributed by atoms with Crippen molar-refractivity contribution < 1.29 is 14.3 Å². The Kier molecular flexibility index (Phi) is 4.79. The maximum atomic E-state index is 11.2. The number of hydrogen-bond donors (Lipinski definition) is 1. The van der Waals surface area contributed by atoms with Crippen molar-refractivity contribution in [3.63, 3.8) is 0 Å². The number of carbonyl (C=O) groups is 1. The molecular weight excluding hydrogens is 206 g/mol. The summed E-state index contributed by atoms with van der Waals surface area (Å²) < 4.78 is 10.5. The van der Waals surface area contributed by atoms with E-state index in [0.29, 0.717) is 6.61 Å². The molecule has 0 aromatic heterocycles. The molecule has 0 unspecified atom stereocenters. The summed E-state index contributed by atoms with van der Waals surface area (Å²) >= 11 is 0. The first-order valence-corrected chi connectivity index (χ1v) is 5.13. The quantitative estimate of drug-likeness (QED) is 0.819. The lowest BCUT2D eigenvalue weighted by Crippen LogP contribution is -2.31. The van der Waals surface area contributed by atoms with E-state index in [1.54, 1.807) is 21.1 Å². The first-order valence-electron chi connectivity index (χ1n) is 5.13. The summed E-state index contributed by atoms with van der Waals surface area (Å²) in [6.07, 6.45) is -0.448. The fraction of sp³-hybridized carbons (Fsp3) is 0.417. The van der Waals surface area contributed by atoms with E-state index in [-0.39, 0.29) is 5.91 Å². The summed E-state index contributed by atoms with van der Waals surface area (Å²) in [7, 11) is 3.21.